The fourth-order valence-electron chi connectivity index (χ4n) is 2.92. The van der Waals surface area contributed by atoms with Gasteiger partial charge in [-0.1, -0.05) is 27.7 Å². The van der Waals surface area contributed by atoms with Crippen LogP contribution in [0.1, 0.15) is 53.9 Å². The Labute approximate surface area is 130 Å². The van der Waals surface area contributed by atoms with Crippen LogP contribution in [0.15, 0.2) is 0 Å². The Bertz CT molecular complexity index is 312. The van der Waals surface area contributed by atoms with Crippen molar-refractivity contribution in [1.82, 2.24) is 10.2 Å². The Morgan fingerprint density at radius 3 is 2.67 bits per heavy atom. The second-order valence-electron chi connectivity index (χ2n) is 7.53. The largest absolute Gasteiger partial charge is 0.382 e. The molecule has 0 spiro atoms. The van der Waals surface area contributed by atoms with Crippen molar-refractivity contribution in [3.63, 3.8) is 0 Å². The number of nitrogens with zero attached hydrogens (tertiary/aromatic N) is 1. The van der Waals surface area contributed by atoms with Gasteiger partial charge in [0.1, 0.15) is 0 Å². The molecule has 1 aliphatic rings. The molecule has 1 amide bonds. The lowest BCUT2D eigenvalue weighted by Gasteiger charge is -2.37. The maximum atomic E-state index is 12.1. The molecule has 0 unspecified atom stereocenters. The smallest absolute Gasteiger partial charge is 0.220 e. The fourth-order valence-corrected chi connectivity index (χ4v) is 2.92. The lowest BCUT2D eigenvalue weighted by atomic mass is 9.90. The van der Waals surface area contributed by atoms with E-state index >= 15 is 0 Å². The van der Waals surface area contributed by atoms with Crippen molar-refractivity contribution < 1.29 is 9.53 Å². The highest BCUT2D eigenvalue weighted by Gasteiger charge is 2.27. The number of hydrogen-bond donors (Lipinski definition) is 1. The van der Waals surface area contributed by atoms with Crippen LogP contribution in [0.2, 0.25) is 0 Å². The number of piperidine rings is 1. The standard InChI is InChI=1S/C17H34N2O2/c1-6-21-11-7-9-19-10-8-15(14(2)13-19)18-16(20)12-17(3,4)5/h14-15H,6-13H2,1-5H3,(H,18,20)/t14-,15-/m0/s1. The number of carbonyl (C=O) groups excluding carboxylic acids is 1. The van der Waals surface area contributed by atoms with Gasteiger partial charge in [0.05, 0.1) is 0 Å². The van der Waals surface area contributed by atoms with Gasteiger partial charge in [-0.2, -0.15) is 0 Å². The lowest BCUT2D eigenvalue weighted by Crippen LogP contribution is -2.50. The number of nitrogens with one attached hydrogen (secondary N) is 1. The Kier molecular flexibility index (Phi) is 7.67. The molecule has 21 heavy (non-hydrogen) atoms. The lowest BCUT2D eigenvalue weighted by molar-refractivity contribution is -0.124. The Hall–Kier alpha value is -0.610. The van der Waals surface area contributed by atoms with E-state index in [1.807, 2.05) is 6.92 Å². The van der Waals surface area contributed by atoms with Crippen LogP contribution in [-0.4, -0.2) is 49.7 Å². The van der Waals surface area contributed by atoms with Crippen molar-refractivity contribution in [2.24, 2.45) is 11.3 Å². The van der Waals surface area contributed by atoms with E-state index in [0.717, 1.165) is 45.7 Å². The predicted molar refractivity (Wildman–Crippen MR) is 87.3 cm³/mol. The van der Waals surface area contributed by atoms with Crippen molar-refractivity contribution in [2.75, 3.05) is 32.8 Å². The number of amides is 1. The highest BCUT2D eigenvalue weighted by atomic mass is 16.5. The van der Waals surface area contributed by atoms with Crippen LogP contribution in [0.3, 0.4) is 0 Å². The van der Waals surface area contributed by atoms with E-state index in [0.29, 0.717) is 18.4 Å². The summed E-state index contributed by atoms with van der Waals surface area (Å²) in [5.41, 5.74) is 0.0628. The second kappa shape index (κ2) is 8.74. The Balaban J connectivity index is 2.27. The Morgan fingerprint density at radius 1 is 1.38 bits per heavy atom. The molecule has 2 atom stereocenters. The highest BCUT2D eigenvalue weighted by Crippen LogP contribution is 2.20. The van der Waals surface area contributed by atoms with E-state index in [2.05, 4.69) is 37.9 Å². The third kappa shape index (κ3) is 7.82. The summed E-state index contributed by atoms with van der Waals surface area (Å²) in [7, 11) is 0. The van der Waals surface area contributed by atoms with Crippen LogP contribution >= 0.6 is 0 Å². The van der Waals surface area contributed by atoms with Crippen LogP contribution < -0.4 is 5.32 Å². The minimum atomic E-state index is 0.0628. The summed E-state index contributed by atoms with van der Waals surface area (Å²) in [5, 5.41) is 3.23. The third-order valence-corrected chi connectivity index (χ3v) is 3.99. The van der Waals surface area contributed by atoms with Gasteiger partial charge in [0.25, 0.3) is 0 Å². The molecule has 1 aliphatic heterocycles. The zero-order valence-electron chi connectivity index (χ0n) is 14.6. The third-order valence-electron chi connectivity index (χ3n) is 3.99. The van der Waals surface area contributed by atoms with Gasteiger partial charge in [-0.15, -0.1) is 0 Å². The number of likely N-dealkylation sites (tertiary alicyclic amines) is 1. The quantitative estimate of drug-likeness (QED) is 0.735. The van der Waals surface area contributed by atoms with Crippen molar-refractivity contribution in [3.05, 3.63) is 0 Å². The van der Waals surface area contributed by atoms with Gasteiger partial charge in [0.2, 0.25) is 5.91 Å². The molecule has 0 bridgehead atoms. The molecule has 1 fully saturated rings. The van der Waals surface area contributed by atoms with Crippen LogP contribution in [0, 0.1) is 11.3 Å². The average molecular weight is 298 g/mol. The molecule has 0 aromatic heterocycles. The van der Waals surface area contributed by atoms with Crippen molar-refractivity contribution in [3.8, 4) is 0 Å². The molecule has 4 nitrogen and oxygen atoms in total. The van der Waals surface area contributed by atoms with E-state index in [1.54, 1.807) is 0 Å². The van der Waals surface area contributed by atoms with Gasteiger partial charge in [-0.3, -0.25) is 4.79 Å². The number of hydrogen-bond acceptors (Lipinski definition) is 3. The predicted octanol–water partition coefficient (Wildman–Crippen LogP) is 2.68. The van der Waals surface area contributed by atoms with E-state index in [1.165, 1.54) is 0 Å². The van der Waals surface area contributed by atoms with E-state index in [9.17, 15) is 4.79 Å². The highest BCUT2D eigenvalue weighted by molar-refractivity contribution is 5.76. The summed E-state index contributed by atoms with van der Waals surface area (Å²) in [6.45, 7) is 15.5. The van der Waals surface area contributed by atoms with Gasteiger partial charge in [0, 0.05) is 45.3 Å². The first-order chi connectivity index (χ1) is 9.81. The molecule has 0 radical (unpaired) electrons. The molecule has 0 aliphatic carbocycles. The average Bonchev–Trinajstić information content (AvgIpc) is 2.35. The zero-order valence-corrected chi connectivity index (χ0v) is 14.6. The number of ether oxygens (including phenoxy) is 1. The molecular weight excluding hydrogens is 264 g/mol. The molecule has 1 heterocycles. The van der Waals surface area contributed by atoms with Crippen molar-refractivity contribution in [1.29, 1.82) is 0 Å². The summed E-state index contributed by atoms with van der Waals surface area (Å²) >= 11 is 0. The molecule has 1 rings (SSSR count). The molecule has 0 saturated carbocycles. The normalized spacial score (nSPS) is 24.0. The first kappa shape index (κ1) is 18.4. The summed E-state index contributed by atoms with van der Waals surface area (Å²) in [6, 6.07) is 0.336. The van der Waals surface area contributed by atoms with E-state index in [4.69, 9.17) is 4.74 Å². The van der Waals surface area contributed by atoms with E-state index < -0.39 is 0 Å². The fraction of sp³-hybridized carbons (Fsp3) is 0.941. The monoisotopic (exact) mass is 298 g/mol. The van der Waals surface area contributed by atoms with Crippen molar-refractivity contribution >= 4 is 5.91 Å². The van der Waals surface area contributed by atoms with Gasteiger partial charge in [-0.05, 0) is 31.1 Å². The van der Waals surface area contributed by atoms with Crippen LogP contribution in [-0.2, 0) is 9.53 Å². The minimum Gasteiger partial charge on any atom is -0.382 e. The van der Waals surface area contributed by atoms with Crippen molar-refractivity contribution in [2.45, 2.75) is 59.9 Å². The van der Waals surface area contributed by atoms with Gasteiger partial charge < -0.3 is 15.0 Å². The van der Waals surface area contributed by atoms with Gasteiger partial charge >= 0.3 is 0 Å². The molecular formula is C17H34N2O2. The van der Waals surface area contributed by atoms with E-state index in [-0.39, 0.29) is 11.3 Å². The van der Waals surface area contributed by atoms with Crippen LogP contribution in [0.4, 0.5) is 0 Å². The molecule has 1 N–H and O–H groups in total. The number of carbonyl (C=O) groups is 1. The van der Waals surface area contributed by atoms with Gasteiger partial charge in [-0.25, -0.2) is 0 Å². The van der Waals surface area contributed by atoms with Crippen LogP contribution in [0.5, 0.6) is 0 Å². The molecule has 124 valence electrons. The van der Waals surface area contributed by atoms with Crippen LogP contribution in [0.25, 0.3) is 0 Å². The Morgan fingerprint density at radius 2 is 2.10 bits per heavy atom. The molecule has 4 heteroatoms. The minimum absolute atomic E-state index is 0.0628. The summed E-state index contributed by atoms with van der Waals surface area (Å²) in [4.78, 5) is 14.6. The molecule has 1 saturated heterocycles. The zero-order chi connectivity index (χ0) is 15.9. The molecule has 0 aromatic rings. The first-order valence-electron chi connectivity index (χ1n) is 8.41. The summed E-state index contributed by atoms with van der Waals surface area (Å²) in [6.07, 6.45) is 2.77. The number of rotatable bonds is 7. The second-order valence-corrected chi connectivity index (χ2v) is 7.53. The topological polar surface area (TPSA) is 41.6 Å². The summed E-state index contributed by atoms with van der Waals surface area (Å²) in [5.74, 6) is 0.721. The van der Waals surface area contributed by atoms with Gasteiger partial charge in [0.15, 0.2) is 0 Å². The molecule has 0 aromatic carbocycles. The maximum Gasteiger partial charge on any atom is 0.220 e. The maximum absolute atomic E-state index is 12.1. The first-order valence-corrected chi connectivity index (χ1v) is 8.41. The summed E-state index contributed by atoms with van der Waals surface area (Å²) < 4.78 is 5.39. The SMILES string of the molecule is CCOCCCN1CC[C@H](NC(=O)CC(C)(C)C)[C@@H](C)C1.